The van der Waals surface area contributed by atoms with E-state index in [9.17, 15) is 0 Å². The smallest absolute Gasteiger partial charge is 0.0939 e. The maximum absolute atomic E-state index is 4.35. The van der Waals surface area contributed by atoms with E-state index in [2.05, 4.69) is 16.5 Å². The van der Waals surface area contributed by atoms with Crippen LogP contribution in [-0.2, 0) is 7.05 Å². The molecular weight excluding hydrogens is 206 g/mol. The van der Waals surface area contributed by atoms with Crippen molar-refractivity contribution in [3.63, 3.8) is 0 Å². The third-order valence-corrected chi connectivity index (χ3v) is 4.05. The molecule has 0 radical (unpaired) electrons. The fourth-order valence-corrected chi connectivity index (χ4v) is 3.11. The number of nitrogens with one attached hydrogen (secondary N) is 1. The number of hydrogen-bond donors (Lipinski definition) is 1. The second-order valence-corrected chi connectivity index (χ2v) is 5.25. The fraction of sp³-hybridized carbons (Fsp3) is 0.727. The van der Waals surface area contributed by atoms with Gasteiger partial charge in [0.05, 0.1) is 10.7 Å². The summed E-state index contributed by atoms with van der Waals surface area (Å²) in [6.07, 6.45) is 4.04. The van der Waals surface area contributed by atoms with E-state index in [4.69, 9.17) is 0 Å². The lowest BCUT2D eigenvalue weighted by molar-refractivity contribution is 0.429. The highest BCUT2D eigenvalue weighted by atomic mass is 32.2. The monoisotopic (exact) mass is 225 g/mol. The molecule has 1 unspecified atom stereocenters. The maximum atomic E-state index is 4.35. The SMILES string of the molecule is Cc1cc(SCC2CCCCN2)n(C)n1. The van der Waals surface area contributed by atoms with Crippen LogP contribution in [0.2, 0.25) is 0 Å². The lowest BCUT2D eigenvalue weighted by Gasteiger charge is -2.22. The van der Waals surface area contributed by atoms with Crippen molar-refractivity contribution in [2.24, 2.45) is 7.05 Å². The average Bonchev–Trinajstić information content (AvgIpc) is 2.56. The molecule has 0 bridgehead atoms. The molecule has 2 rings (SSSR count). The van der Waals surface area contributed by atoms with Crippen LogP contribution < -0.4 is 5.32 Å². The molecule has 0 aliphatic carbocycles. The van der Waals surface area contributed by atoms with Crippen molar-refractivity contribution in [3.8, 4) is 0 Å². The standard InChI is InChI=1S/C11H19N3S/c1-9-7-11(14(2)13-9)15-8-10-5-3-4-6-12-10/h7,10,12H,3-6,8H2,1-2H3. The Morgan fingerprint density at radius 2 is 2.47 bits per heavy atom. The van der Waals surface area contributed by atoms with Gasteiger partial charge in [-0.05, 0) is 32.4 Å². The first-order valence-electron chi connectivity index (χ1n) is 5.62. The van der Waals surface area contributed by atoms with Crippen LogP contribution in [0, 0.1) is 6.92 Å². The highest BCUT2D eigenvalue weighted by Gasteiger charge is 2.13. The van der Waals surface area contributed by atoms with Gasteiger partial charge in [-0.15, -0.1) is 11.8 Å². The summed E-state index contributed by atoms with van der Waals surface area (Å²) in [4.78, 5) is 0. The highest BCUT2D eigenvalue weighted by Crippen LogP contribution is 2.21. The number of thioether (sulfide) groups is 1. The molecule has 1 aromatic heterocycles. The third kappa shape index (κ3) is 2.98. The van der Waals surface area contributed by atoms with Crippen LogP contribution in [0.1, 0.15) is 25.0 Å². The van der Waals surface area contributed by atoms with Crippen molar-refractivity contribution in [2.75, 3.05) is 12.3 Å². The van der Waals surface area contributed by atoms with Crippen molar-refractivity contribution in [1.82, 2.24) is 15.1 Å². The second kappa shape index (κ2) is 5.03. The Labute approximate surface area is 95.6 Å². The van der Waals surface area contributed by atoms with E-state index in [1.165, 1.54) is 36.6 Å². The molecule has 4 heteroatoms. The lowest BCUT2D eigenvalue weighted by atomic mass is 10.1. The molecule has 84 valence electrons. The van der Waals surface area contributed by atoms with Gasteiger partial charge in [-0.2, -0.15) is 5.10 Å². The molecular formula is C11H19N3S. The maximum Gasteiger partial charge on any atom is 0.0939 e. The molecule has 1 N–H and O–H groups in total. The van der Waals surface area contributed by atoms with Gasteiger partial charge in [0.25, 0.3) is 0 Å². The van der Waals surface area contributed by atoms with Gasteiger partial charge in [0.15, 0.2) is 0 Å². The summed E-state index contributed by atoms with van der Waals surface area (Å²) < 4.78 is 1.98. The van der Waals surface area contributed by atoms with Crippen LogP contribution in [0.4, 0.5) is 0 Å². The second-order valence-electron chi connectivity index (χ2n) is 4.21. The molecule has 1 fully saturated rings. The van der Waals surface area contributed by atoms with Gasteiger partial charge in [0, 0.05) is 18.8 Å². The largest absolute Gasteiger partial charge is 0.313 e. The van der Waals surface area contributed by atoms with Crippen molar-refractivity contribution >= 4 is 11.8 Å². The molecule has 1 aromatic rings. The Bertz CT molecular complexity index is 316. The number of rotatable bonds is 3. The summed E-state index contributed by atoms with van der Waals surface area (Å²) >= 11 is 1.91. The van der Waals surface area contributed by atoms with Gasteiger partial charge in [0.1, 0.15) is 0 Å². The van der Waals surface area contributed by atoms with E-state index in [1.54, 1.807) is 0 Å². The van der Waals surface area contributed by atoms with Gasteiger partial charge < -0.3 is 5.32 Å². The van der Waals surface area contributed by atoms with Crippen LogP contribution >= 0.6 is 11.8 Å². The van der Waals surface area contributed by atoms with Crippen molar-refractivity contribution in [1.29, 1.82) is 0 Å². The summed E-state index contributed by atoms with van der Waals surface area (Å²) in [5.41, 5.74) is 1.11. The predicted octanol–water partition coefficient (Wildman–Crippen LogP) is 1.96. The fourth-order valence-electron chi connectivity index (χ4n) is 1.97. The number of piperidine rings is 1. The predicted molar refractivity (Wildman–Crippen MR) is 64.3 cm³/mol. The Balaban J connectivity index is 1.84. The summed E-state index contributed by atoms with van der Waals surface area (Å²) in [6.45, 7) is 3.23. The molecule has 15 heavy (non-hydrogen) atoms. The van der Waals surface area contributed by atoms with E-state index in [-0.39, 0.29) is 0 Å². The van der Waals surface area contributed by atoms with Gasteiger partial charge in [-0.25, -0.2) is 0 Å². The van der Waals surface area contributed by atoms with E-state index in [0.717, 1.165) is 5.69 Å². The van der Waals surface area contributed by atoms with Gasteiger partial charge in [-0.3, -0.25) is 4.68 Å². The Kier molecular flexibility index (Phi) is 3.70. The zero-order chi connectivity index (χ0) is 10.7. The Morgan fingerprint density at radius 1 is 1.60 bits per heavy atom. The molecule has 0 saturated carbocycles. The molecule has 0 aromatic carbocycles. The number of hydrogen-bond acceptors (Lipinski definition) is 3. The Morgan fingerprint density at radius 3 is 3.07 bits per heavy atom. The third-order valence-electron chi connectivity index (χ3n) is 2.80. The van der Waals surface area contributed by atoms with Crippen molar-refractivity contribution in [3.05, 3.63) is 11.8 Å². The first-order chi connectivity index (χ1) is 7.25. The van der Waals surface area contributed by atoms with E-state index < -0.39 is 0 Å². The minimum absolute atomic E-state index is 0.693. The van der Waals surface area contributed by atoms with Crippen molar-refractivity contribution in [2.45, 2.75) is 37.3 Å². The molecule has 1 aliphatic rings. The molecule has 2 heterocycles. The molecule has 0 spiro atoms. The minimum atomic E-state index is 0.693. The summed E-state index contributed by atoms with van der Waals surface area (Å²) in [5, 5.41) is 9.19. The van der Waals surface area contributed by atoms with E-state index >= 15 is 0 Å². The van der Waals surface area contributed by atoms with Crippen molar-refractivity contribution < 1.29 is 0 Å². The normalized spacial score (nSPS) is 21.9. The van der Waals surface area contributed by atoms with Crippen LogP contribution in [-0.4, -0.2) is 28.1 Å². The minimum Gasteiger partial charge on any atom is -0.313 e. The van der Waals surface area contributed by atoms with Gasteiger partial charge in [-0.1, -0.05) is 6.42 Å². The first kappa shape index (κ1) is 11.0. The molecule has 1 atom stereocenters. The summed E-state index contributed by atoms with van der Waals surface area (Å²) in [6, 6.07) is 2.85. The summed E-state index contributed by atoms with van der Waals surface area (Å²) in [7, 11) is 2.02. The Hall–Kier alpha value is -0.480. The zero-order valence-corrected chi connectivity index (χ0v) is 10.3. The zero-order valence-electron chi connectivity index (χ0n) is 9.49. The average molecular weight is 225 g/mol. The number of aryl methyl sites for hydroxylation is 2. The number of nitrogens with zero attached hydrogens (tertiary/aromatic N) is 2. The number of aromatic nitrogens is 2. The lowest BCUT2D eigenvalue weighted by Crippen LogP contribution is -2.35. The quantitative estimate of drug-likeness (QED) is 0.798. The van der Waals surface area contributed by atoms with Gasteiger partial charge in [0.2, 0.25) is 0 Å². The molecule has 1 aliphatic heterocycles. The van der Waals surface area contributed by atoms with E-state index in [0.29, 0.717) is 6.04 Å². The van der Waals surface area contributed by atoms with Crippen LogP contribution in [0.25, 0.3) is 0 Å². The molecule has 1 saturated heterocycles. The van der Waals surface area contributed by atoms with Crippen LogP contribution in [0.15, 0.2) is 11.1 Å². The van der Waals surface area contributed by atoms with Crippen LogP contribution in [0.3, 0.4) is 0 Å². The highest BCUT2D eigenvalue weighted by molar-refractivity contribution is 7.99. The first-order valence-corrected chi connectivity index (χ1v) is 6.61. The molecule has 3 nitrogen and oxygen atoms in total. The van der Waals surface area contributed by atoms with E-state index in [1.807, 2.05) is 30.4 Å². The van der Waals surface area contributed by atoms with Crippen LogP contribution in [0.5, 0.6) is 0 Å². The molecule has 0 amide bonds. The topological polar surface area (TPSA) is 29.9 Å². The van der Waals surface area contributed by atoms with Gasteiger partial charge >= 0.3 is 0 Å². The summed E-state index contributed by atoms with van der Waals surface area (Å²) in [5.74, 6) is 1.17.